The molecule has 0 aliphatic rings. The number of rotatable bonds is 5. The highest BCUT2D eigenvalue weighted by atomic mass is 35.5. The van der Waals surface area contributed by atoms with Crippen molar-refractivity contribution in [2.75, 3.05) is 0 Å². The SMILES string of the molecule is Cn1cc(-c2nc(-c3ccc(Cl)cc3)c(-c3ccncc3)n2CC(=O)O)cn1. The first-order valence-electron chi connectivity index (χ1n) is 8.50. The van der Waals surface area contributed by atoms with E-state index in [0.717, 1.165) is 16.7 Å². The molecule has 0 aliphatic carbocycles. The molecule has 1 aromatic carbocycles. The van der Waals surface area contributed by atoms with E-state index in [4.69, 9.17) is 16.6 Å². The van der Waals surface area contributed by atoms with Gasteiger partial charge < -0.3 is 9.67 Å². The number of imidazole rings is 1. The molecule has 0 saturated heterocycles. The number of carbonyl (C=O) groups is 1. The molecule has 3 aromatic heterocycles. The van der Waals surface area contributed by atoms with Crippen LogP contribution in [0, 0.1) is 0 Å². The van der Waals surface area contributed by atoms with Gasteiger partial charge in [0.2, 0.25) is 0 Å². The van der Waals surface area contributed by atoms with Crippen LogP contribution in [0.3, 0.4) is 0 Å². The van der Waals surface area contributed by atoms with Gasteiger partial charge in [-0.05, 0) is 24.3 Å². The molecule has 3 heterocycles. The van der Waals surface area contributed by atoms with Crippen molar-refractivity contribution in [2.24, 2.45) is 7.05 Å². The van der Waals surface area contributed by atoms with Crippen LogP contribution in [0.15, 0.2) is 61.2 Å². The molecule has 0 spiro atoms. The first-order chi connectivity index (χ1) is 13.5. The zero-order chi connectivity index (χ0) is 19.7. The van der Waals surface area contributed by atoms with E-state index in [1.54, 1.807) is 47.0 Å². The second kappa shape index (κ2) is 7.28. The molecule has 4 aromatic rings. The number of halogens is 1. The van der Waals surface area contributed by atoms with Crippen molar-refractivity contribution in [3.8, 4) is 33.9 Å². The molecule has 0 radical (unpaired) electrons. The Balaban J connectivity index is 2.02. The van der Waals surface area contributed by atoms with E-state index in [2.05, 4.69) is 10.1 Å². The average Bonchev–Trinajstić information content (AvgIpc) is 3.26. The lowest BCUT2D eigenvalue weighted by Crippen LogP contribution is -2.11. The predicted octanol–water partition coefficient (Wildman–Crippen LogP) is 3.75. The van der Waals surface area contributed by atoms with E-state index in [0.29, 0.717) is 22.2 Å². The molecule has 140 valence electrons. The van der Waals surface area contributed by atoms with Gasteiger partial charge in [-0.1, -0.05) is 23.7 Å². The maximum atomic E-state index is 11.6. The van der Waals surface area contributed by atoms with Gasteiger partial charge >= 0.3 is 5.97 Å². The number of hydrogen-bond donors (Lipinski definition) is 1. The summed E-state index contributed by atoms with van der Waals surface area (Å²) in [5.41, 5.74) is 3.77. The summed E-state index contributed by atoms with van der Waals surface area (Å²) in [6.07, 6.45) is 6.82. The quantitative estimate of drug-likeness (QED) is 0.558. The van der Waals surface area contributed by atoms with Crippen molar-refractivity contribution in [1.29, 1.82) is 0 Å². The van der Waals surface area contributed by atoms with E-state index in [1.165, 1.54) is 0 Å². The van der Waals surface area contributed by atoms with Crippen LogP contribution in [0.1, 0.15) is 0 Å². The lowest BCUT2D eigenvalue weighted by Gasteiger charge is -2.10. The number of pyridine rings is 1. The van der Waals surface area contributed by atoms with E-state index in [-0.39, 0.29) is 6.54 Å². The maximum Gasteiger partial charge on any atom is 0.323 e. The third-order valence-electron chi connectivity index (χ3n) is 4.30. The summed E-state index contributed by atoms with van der Waals surface area (Å²) in [4.78, 5) is 20.5. The van der Waals surface area contributed by atoms with Crippen LogP contribution in [0.5, 0.6) is 0 Å². The lowest BCUT2D eigenvalue weighted by atomic mass is 10.1. The molecule has 0 amide bonds. The number of benzene rings is 1. The van der Waals surface area contributed by atoms with Crippen LogP contribution < -0.4 is 0 Å². The minimum Gasteiger partial charge on any atom is -0.480 e. The number of aryl methyl sites for hydroxylation is 1. The summed E-state index contributed by atoms with van der Waals surface area (Å²) in [6, 6.07) is 11.0. The summed E-state index contributed by atoms with van der Waals surface area (Å²) in [5, 5.41) is 14.3. The molecule has 4 rings (SSSR count). The number of carboxylic acid groups (broad SMARTS) is 1. The highest BCUT2D eigenvalue weighted by Crippen LogP contribution is 2.36. The lowest BCUT2D eigenvalue weighted by molar-refractivity contribution is -0.137. The Kier molecular flexibility index (Phi) is 4.67. The molecule has 0 bridgehead atoms. The number of aliphatic carboxylic acids is 1. The summed E-state index contributed by atoms with van der Waals surface area (Å²) < 4.78 is 3.35. The van der Waals surface area contributed by atoms with E-state index in [1.807, 2.05) is 30.5 Å². The molecule has 1 N–H and O–H groups in total. The Morgan fingerprint density at radius 1 is 1.07 bits per heavy atom. The smallest absolute Gasteiger partial charge is 0.323 e. The summed E-state index contributed by atoms with van der Waals surface area (Å²) in [5.74, 6) is -0.423. The highest BCUT2D eigenvalue weighted by Gasteiger charge is 2.23. The highest BCUT2D eigenvalue weighted by molar-refractivity contribution is 6.30. The van der Waals surface area contributed by atoms with Gasteiger partial charge in [-0.3, -0.25) is 14.5 Å². The number of aromatic nitrogens is 5. The maximum absolute atomic E-state index is 11.6. The molecule has 0 fully saturated rings. The fourth-order valence-corrected chi connectivity index (χ4v) is 3.24. The van der Waals surface area contributed by atoms with Gasteiger partial charge in [0.15, 0.2) is 0 Å². The van der Waals surface area contributed by atoms with E-state index >= 15 is 0 Å². The summed E-state index contributed by atoms with van der Waals surface area (Å²) >= 11 is 6.04. The normalized spacial score (nSPS) is 10.9. The van der Waals surface area contributed by atoms with Crippen LogP contribution in [0.2, 0.25) is 5.02 Å². The van der Waals surface area contributed by atoms with Gasteiger partial charge in [0.25, 0.3) is 0 Å². The van der Waals surface area contributed by atoms with Gasteiger partial charge in [-0.2, -0.15) is 5.10 Å². The molecular weight excluding hydrogens is 378 g/mol. The summed E-state index contributed by atoms with van der Waals surface area (Å²) in [7, 11) is 1.80. The van der Waals surface area contributed by atoms with Crippen molar-refractivity contribution < 1.29 is 9.90 Å². The van der Waals surface area contributed by atoms with Crippen molar-refractivity contribution in [3.05, 3.63) is 66.2 Å². The van der Waals surface area contributed by atoms with Gasteiger partial charge in [0.05, 0.1) is 23.1 Å². The van der Waals surface area contributed by atoms with Crippen molar-refractivity contribution in [1.82, 2.24) is 24.3 Å². The Labute approximate surface area is 165 Å². The van der Waals surface area contributed by atoms with Gasteiger partial charge in [-0.25, -0.2) is 4.98 Å². The van der Waals surface area contributed by atoms with Crippen LogP contribution in [0.4, 0.5) is 0 Å². The fraction of sp³-hybridized carbons (Fsp3) is 0.100. The molecule has 28 heavy (non-hydrogen) atoms. The first kappa shape index (κ1) is 17.9. The van der Waals surface area contributed by atoms with Crippen molar-refractivity contribution >= 4 is 17.6 Å². The van der Waals surface area contributed by atoms with E-state index < -0.39 is 5.97 Å². The minimum atomic E-state index is -0.958. The number of carboxylic acids is 1. The largest absolute Gasteiger partial charge is 0.480 e. The number of nitrogens with zero attached hydrogens (tertiary/aromatic N) is 5. The molecule has 0 unspecified atom stereocenters. The predicted molar refractivity (Wildman–Crippen MR) is 106 cm³/mol. The Morgan fingerprint density at radius 3 is 2.39 bits per heavy atom. The fourth-order valence-electron chi connectivity index (χ4n) is 3.11. The van der Waals surface area contributed by atoms with Crippen molar-refractivity contribution in [3.63, 3.8) is 0 Å². The molecule has 7 nitrogen and oxygen atoms in total. The number of hydrogen-bond acceptors (Lipinski definition) is 4. The van der Waals surface area contributed by atoms with E-state index in [9.17, 15) is 9.90 Å². The molecule has 8 heteroatoms. The Hall–Kier alpha value is -3.45. The standard InChI is InChI=1S/C20H16ClN5O2/c1-25-11-15(10-23-25)20-24-18(13-2-4-16(21)5-3-13)19(26(20)12-17(27)28)14-6-8-22-9-7-14/h2-11H,12H2,1H3,(H,27,28). The van der Waals surface area contributed by atoms with Crippen molar-refractivity contribution in [2.45, 2.75) is 6.54 Å². The minimum absolute atomic E-state index is 0.234. The zero-order valence-corrected chi connectivity index (χ0v) is 15.7. The first-order valence-corrected chi connectivity index (χ1v) is 8.88. The van der Waals surface area contributed by atoms with Crippen LogP contribution in [0.25, 0.3) is 33.9 Å². The Bertz CT molecular complexity index is 1130. The molecular formula is C20H16ClN5O2. The van der Waals surface area contributed by atoms with Gasteiger partial charge in [-0.15, -0.1) is 0 Å². The van der Waals surface area contributed by atoms with Gasteiger partial charge in [0.1, 0.15) is 12.4 Å². The third-order valence-corrected chi connectivity index (χ3v) is 4.55. The van der Waals surface area contributed by atoms with Crippen LogP contribution in [-0.2, 0) is 18.4 Å². The second-order valence-electron chi connectivity index (χ2n) is 6.26. The third kappa shape index (κ3) is 3.39. The zero-order valence-electron chi connectivity index (χ0n) is 15.0. The molecule has 0 aliphatic heterocycles. The average molecular weight is 394 g/mol. The monoisotopic (exact) mass is 393 g/mol. The molecule has 0 saturated carbocycles. The molecule has 0 atom stereocenters. The van der Waals surface area contributed by atoms with Crippen LogP contribution in [-0.4, -0.2) is 35.4 Å². The topological polar surface area (TPSA) is 85.8 Å². The summed E-state index contributed by atoms with van der Waals surface area (Å²) in [6.45, 7) is -0.234. The van der Waals surface area contributed by atoms with Crippen LogP contribution >= 0.6 is 11.6 Å². The van der Waals surface area contributed by atoms with Gasteiger partial charge in [0, 0.05) is 41.8 Å². The Morgan fingerprint density at radius 2 is 1.79 bits per heavy atom. The second-order valence-corrected chi connectivity index (χ2v) is 6.69.